The quantitative estimate of drug-likeness (QED) is 0.195. The summed E-state index contributed by atoms with van der Waals surface area (Å²) < 4.78 is 22.1. The molecule has 2 N–H and O–H groups in total. The first-order valence-corrected chi connectivity index (χ1v) is 13.5. The molecule has 0 amide bonds. The maximum atomic E-state index is 9.43. The van der Waals surface area contributed by atoms with Gasteiger partial charge in [-0.15, -0.1) is 11.3 Å². The van der Waals surface area contributed by atoms with E-state index in [9.17, 15) is 10.5 Å². The largest absolute Gasteiger partial charge is 0.379 e. The summed E-state index contributed by atoms with van der Waals surface area (Å²) in [6.07, 6.45) is 1.02. The second kappa shape index (κ2) is 17.6. The van der Waals surface area contributed by atoms with Crippen LogP contribution < -0.4 is 15.8 Å². The Labute approximate surface area is 224 Å². The van der Waals surface area contributed by atoms with Gasteiger partial charge < -0.3 is 23.8 Å². The molecular formula is C27H39N5O4S. The van der Waals surface area contributed by atoms with Crippen LogP contribution in [0.2, 0.25) is 0 Å². The van der Waals surface area contributed by atoms with Crippen molar-refractivity contribution in [1.82, 2.24) is 0 Å². The number of nitrogens with zero attached hydrogens (tertiary/aromatic N) is 3. The molecular weight excluding hydrogens is 490 g/mol. The van der Waals surface area contributed by atoms with Gasteiger partial charge in [0.1, 0.15) is 22.0 Å². The van der Waals surface area contributed by atoms with Crippen molar-refractivity contribution < 1.29 is 18.9 Å². The predicted octanol–water partition coefficient (Wildman–Crippen LogP) is 4.85. The summed E-state index contributed by atoms with van der Waals surface area (Å²) >= 11 is 1.27. The number of hydrogen-bond donors (Lipinski definition) is 2. The molecule has 0 aliphatic carbocycles. The molecule has 1 heterocycles. The summed E-state index contributed by atoms with van der Waals surface area (Å²) in [5, 5.41) is 19.3. The molecule has 0 aliphatic heterocycles. The lowest BCUT2D eigenvalue weighted by Crippen LogP contribution is -2.27. The van der Waals surface area contributed by atoms with Gasteiger partial charge in [-0.05, 0) is 56.5 Å². The molecule has 0 spiro atoms. The Morgan fingerprint density at radius 3 is 2.00 bits per heavy atom. The Hall–Kier alpha value is -2.86. The molecule has 0 bridgehead atoms. The van der Waals surface area contributed by atoms with Crippen LogP contribution in [0.25, 0.3) is 0 Å². The van der Waals surface area contributed by atoms with E-state index in [1.54, 1.807) is 6.92 Å². The highest BCUT2D eigenvalue weighted by Gasteiger charge is 2.15. The van der Waals surface area contributed by atoms with Gasteiger partial charge in [-0.25, -0.2) is 0 Å². The zero-order chi connectivity index (χ0) is 26.9. The fourth-order valence-corrected chi connectivity index (χ4v) is 4.41. The third-order valence-electron chi connectivity index (χ3n) is 5.60. The maximum absolute atomic E-state index is 9.43. The molecule has 2 rings (SSSR count). The monoisotopic (exact) mass is 529 g/mol. The zero-order valence-corrected chi connectivity index (χ0v) is 23.2. The van der Waals surface area contributed by atoms with Crippen molar-refractivity contribution in [2.24, 2.45) is 0 Å². The Morgan fingerprint density at radius 1 is 0.838 bits per heavy atom. The van der Waals surface area contributed by atoms with E-state index in [4.69, 9.17) is 18.9 Å². The topological polar surface area (TPSA) is 112 Å². The number of nitrogens with one attached hydrogen (secondary N) is 2. The van der Waals surface area contributed by atoms with Crippen molar-refractivity contribution in [1.29, 1.82) is 10.5 Å². The highest BCUT2D eigenvalue weighted by atomic mass is 32.1. The van der Waals surface area contributed by atoms with E-state index in [0.29, 0.717) is 67.3 Å². The molecule has 0 saturated carbocycles. The van der Waals surface area contributed by atoms with Crippen LogP contribution in [0.1, 0.15) is 41.8 Å². The second-order valence-electron chi connectivity index (χ2n) is 8.26. The van der Waals surface area contributed by atoms with Crippen LogP contribution >= 0.6 is 11.3 Å². The van der Waals surface area contributed by atoms with Gasteiger partial charge in [0.25, 0.3) is 0 Å². The van der Waals surface area contributed by atoms with Crippen LogP contribution in [0.15, 0.2) is 18.2 Å². The zero-order valence-electron chi connectivity index (χ0n) is 22.4. The lowest BCUT2D eigenvalue weighted by Gasteiger charge is -2.24. The van der Waals surface area contributed by atoms with Gasteiger partial charge in [0, 0.05) is 25.4 Å². The first kappa shape index (κ1) is 30.4. The van der Waals surface area contributed by atoms with Gasteiger partial charge in [-0.3, -0.25) is 10.9 Å². The maximum Gasteiger partial charge on any atom is 0.127 e. The number of thiophene rings is 1. The van der Waals surface area contributed by atoms with Crippen molar-refractivity contribution in [3.63, 3.8) is 0 Å². The van der Waals surface area contributed by atoms with Crippen molar-refractivity contribution in [2.45, 2.75) is 34.1 Å². The number of rotatable bonds is 19. The average Bonchev–Trinajstić information content (AvgIpc) is 3.22. The SMILES string of the molecule is CCCOCCOCCOCCOCCN(CC)c1ccc(NNc2sc(C#N)c(C)c2C#N)c(C)c1. The van der Waals surface area contributed by atoms with E-state index >= 15 is 0 Å². The fraction of sp³-hybridized carbons (Fsp3) is 0.556. The Balaban J connectivity index is 1.69. The number of ether oxygens (including phenoxy) is 4. The fourth-order valence-electron chi connectivity index (χ4n) is 3.50. The first-order chi connectivity index (χ1) is 18.0. The third-order valence-corrected chi connectivity index (χ3v) is 6.71. The lowest BCUT2D eigenvalue weighted by atomic mass is 10.1. The summed E-state index contributed by atoms with van der Waals surface area (Å²) in [4.78, 5) is 2.80. The minimum atomic E-state index is 0.493. The number of anilines is 3. The van der Waals surface area contributed by atoms with Gasteiger partial charge in [-0.1, -0.05) is 6.92 Å². The molecule has 9 nitrogen and oxygen atoms in total. The normalized spacial score (nSPS) is 10.6. The first-order valence-electron chi connectivity index (χ1n) is 12.7. The molecule has 37 heavy (non-hydrogen) atoms. The summed E-state index contributed by atoms with van der Waals surface area (Å²) in [5.41, 5.74) is 10.5. The van der Waals surface area contributed by atoms with Gasteiger partial charge >= 0.3 is 0 Å². The van der Waals surface area contributed by atoms with Crippen LogP contribution in [-0.4, -0.2) is 65.9 Å². The number of hydrogen-bond acceptors (Lipinski definition) is 10. The second-order valence-corrected chi connectivity index (χ2v) is 9.28. The van der Waals surface area contributed by atoms with E-state index in [-0.39, 0.29) is 0 Å². The van der Waals surface area contributed by atoms with E-state index in [2.05, 4.69) is 53.9 Å². The molecule has 0 fully saturated rings. The third kappa shape index (κ3) is 10.2. The Morgan fingerprint density at radius 2 is 1.46 bits per heavy atom. The highest BCUT2D eigenvalue weighted by molar-refractivity contribution is 7.17. The van der Waals surface area contributed by atoms with Crippen molar-refractivity contribution in [2.75, 3.05) is 81.7 Å². The minimum Gasteiger partial charge on any atom is -0.379 e. The minimum absolute atomic E-state index is 0.493. The molecule has 1 aromatic carbocycles. The number of hydrazine groups is 1. The lowest BCUT2D eigenvalue weighted by molar-refractivity contribution is -0.000994. The predicted molar refractivity (Wildman–Crippen MR) is 148 cm³/mol. The van der Waals surface area contributed by atoms with Crippen LogP contribution in [0.4, 0.5) is 16.4 Å². The van der Waals surface area contributed by atoms with Crippen molar-refractivity contribution in [3.8, 4) is 12.1 Å². The molecule has 10 heteroatoms. The number of nitriles is 2. The van der Waals surface area contributed by atoms with Crippen molar-refractivity contribution in [3.05, 3.63) is 39.8 Å². The van der Waals surface area contributed by atoms with Gasteiger partial charge in [0.2, 0.25) is 0 Å². The molecule has 2 aromatic rings. The van der Waals surface area contributed by atoms with Crippen LogP contribution in [-0.2, 0) is 18.9 Å². The van der Waals surface area contributed by atoms with Crippen LogP contribution in [0.5, 0.6) is 0 Å². The van der Waals surface area contributed by atoms with E-state index in [1.807, 2.05) is 13.0 Å². The molecule has 0 unspecified atom stereocenters. The number of aryl methyl sites for hydroxylation is 1. The standard InChI is InChI=1S/C27H39N5O4S/c1-5-10-33-12-14-35-16-17-36-15-13-34-11-9-32(6-2)23-7-8-25(21(3)18-23)30-31-27-24(19-28)22(4)26(20-29)37-27/h7-8,18,30-31H,5-6,9-17H2,1-4H3. The summed E-state index contributed by atoms with van der Waals surface area (Å²) in [6, 6.07) is 10.5. The summed E-state index contributed by atoms with van der Waals surface area (Å²) in [6.45, 7) is 14.5. The van der Waals surface area contributed by atoms with Gasteiger partial charge in [0.15, 0.2) is 0 Å². The Kier molecular flexibility index (Phi) is 14.4. The van der Waals surface area contributed by atoms with Gasteiger partial charge in [-0.2, -0.15) is 10.5 Å². The molecule has 0 aliphatic rings. The molecule has 0 atom stereocenters. The molecule has 0 saturated heterocycles. The Bertz CT molecular complexity index is 1030. The van der Waals surface area contributed by atoms with E-state index < -0.39 is 0 Å². The molecule has 1 aromatic heterocycles. The van der Waals surface area contributed by atoms with E-state index in [1.165, 1.54) is 11.3 Å². The average molecular weight is 530 g/mol. The van der Waals surface area contributed by atoms with Gasteiger partial charge in [0.05, 0.1) is 57.5 Å². The number of benzene rings is 1. The highest BCUT2D eigenvalue weighted by Crippen LogP contribution is 2.32. The van der Waals surface area contributed by atoms with Crippen molar-refractivity contribution >= 4 is 27.7 Å². The molecule has 202 valence electrons. The summed E-state index contributed by atoms with van der Waals surface area (Å²) in [5.74, 6) is 0. The summed E-state index contributed by atoms with van der Waals surface area (Å²) in [7, 11) is 0. The molecule has 0 radical (unpaired) electrons. The van der Waals surface area contributed by atoms with Crippen LogP contribution in [0.3, 0.4) is 0 Å². The van der Waals surface area contributed by atoms with E-state index in [0.717, 1.165) is 43.1 Å². The smallest absolute Gasteiger partial charge is 0.127 e. The number of likely N-dealkylation sites (N-methyl/N-ethyl adjacent to an activating group) is 1. The van der Waals surface area contributed by atoms with Crippen LogP contribution in [0, 0.1) is 36.5 Å².